The van der Waals surface area contributed by atoms with Crippen molar-refractivity contribution < 1.29 is 24.5 Å². The van der Waals surface area contributed by atoms with Crippen molar-refractivity contribution >= 4 is 5.97 Å². The summed E-state index contributed by atoms with van der Waals surface area (Å²) in [6.45, 7) is 0. The molecule has 0 amide bonds. The number of rotatable bonds is 3. The predicted molar refractivity (Wildman–Crippen MR) is 58.4 cm³/mol. The Morgan fingerprint density at radius 1 is 1.29 bits per heavy atom. The molecule has 0 saturated carbocycles. The van der Waals surface area contributed by atoms with Gasteiger partial charge in [-0.1, -0.05) is 24.3 Å². The van der Waals surface area contributed by atoms with Gasteiger partial charge in [-0.05, 0) is 5.56 Å². The van der Waals surface area contributed by atoms with E-state index >= 15 is 0 Å². The van der Waals surface area contributed by atoms with Gasteiger partial charge in [0.05, 0.1) is 0 Å². The highest BCUT2D eigenvalue weighted by atomic mass is 16.7. The number of methoxy groups -OCH3 is 2. The van der Waals surface area contributed by atoms with Crippen molar-refractivity contribution in [1.29, 1.82) is 0 Å². The Balaban J connectivity index is 2.65. The lowest BCUT2D eigenvalue weighted by atomic mass is 9.93. The van der Waals surface area contributed by atoms with E-state index in [0.717, 1.165) is 0 Å². The number of aliphatic hydroxyl groups is 1. The molecule has 0 spiro atoms. The van der Waals surface area contributed by atoms with Gasteiger partial charge in [-0.2, -0.15) is 0 Å². The van der Waals surface area contributed by atoms with E-state index in [9.17, 15) is 15.0 Å². The van der Waals surface area contributed by atoms with Crippen molar-refractivity contribution in [1.82, 2.24) is 0 Å². The Labute approximate surface area is 98.6 Å². The Bertz CT molecular complexity index is 458. The summed E-state index contributed by atoms with van der Waals surface area (Å²) < 4.78 is 10.1. The predicted octanol–water partition coefficient (Wildman–Crippen LogP) is 0.504. The first-order valence-electron chi connectivity index (χ1n) is 5.16. The smallest absolute Gasteiger partial charge is 0.342 e. The average molecular weight is 238 g/mol. The number of ether oxygens (including phenoxy) is 2. The van der Waals surface area contributed by atoms with Crippen molar-refractivity contribution in [3.05, 3.63) is 35.4 Å². The molecule has 2 N–H and O–H groups in total. The maximum Gasteiger partial charge on any atom is 0.342 e. The standard InChI is InChI=1S/C12H14O5/c1-16-11(10(13)14)7-8-5-3-4-6-9(8)12(11,15)17-2/h3-6,15H,7H2,1-2H3,(H,13,14). The maximum atomic E-state index is 11.4. The Morgan fingerprint density at radius 2 is 1.94 bits per heavy atom. The minimum absolute atomic E-state index is 0.0688. The molecule has 1 aromatic rings. The molecule has 2 atom stereocenters. The number of carbonyl (C=O) groups is 1. The topological polar surface area (TPSA) is 76.0 Å². The zero-order valence-electron chi connectivity index (χ0n) is 9.64. The molecule has 0 aromatic heterocycles. The second-order valence-corrected chi connectivity index (χ2v) is 4.02. The number of aliphatic carboxylic acids is 1. The van der Waals surface area contributed by atoms with E-state index in [1.54, 1.807) is 24.3 Å². The SMILES string of the molecule is COC1(C(=O)O)Cc2ccccc2C1(O)OC. The van der Waals surface area contributed by atoms with E-state index in [1.165, 1.54) is 14.2 Å². The molecule has 2 unspecified atom stereocenters. The third-order valence-electron chi connectivity index (χ3n) is 3.36. The lowest BCUT2D eigenvalue weighted by molar-refractivity contribution is -0.292. The normalized spacial score (nSPS) is 31.2. The van der Waals surface area contributed by atoms with Crippen LogP contribution in [-0.4, -0.2) is 36.0 Å². The summed E-state index contributed by atoms with van der Waals surface area (Å²) in [6.07, 6.45) is 0.0688. The first-order chi connectivity index (χ1) is 8.02. The minimum atomic E-state index is -1.97. The van der Waals surface area contributed by atoms with Crippen molar-refractivity contribution in [3.8, 4) is 0 Å². The summed E-state index contributed by atoms with van der Waals surface area (Å²) in [5.74, 6) is -3.22. The van der Waals surface area contributed by atoms with Crippen LogP contribution in [0.4, 0.5) is 0 Å². The number of benzene rings is 1. The molecule has 17 heavy (non-hydrogen) atoms. The number of fused-ring (bicyclic) bond motifs is 1. The van der Waals surface area contributed by atoms with E-state index in [1.807, 2.05) is 0 Å². The van der Waals surface area contributed by atoms with E-state index in [-0.39, 0.29) is 6.42 Å². The second kappa shape index (κ2) is 3.80. The number of carboxylic acids is 1. The Hall–Kier alpha value is -1.43. The van der Waals surface area contributed by atoms with Gasteiger partial charge in [0, 0.05) is 26.2 Å². The van der Waals surface area contributed by atoms with Gasteiger partial charge < -0.3 is 19.7 Å². The van der Waals surface area contributed by atoms with Crippen LogP contribution in [0.15, 0.2) is 24.3 Å². The van der Waals surface area contributed by atoms with E-state index in [2.05, 4.69) is 0 Å². The number of carboxylic acid groups (broad SMARTS) is 1. The molecular formula is C12H14O5. The van der Waals surface area contributed by atoms with E-state index < -0.39 is 17.4 Å². The summed E-state index contributed by atoms with van der Waals surface area (Å²) in [5.41, 5.74) is -0.654. The molecule has 0 heterocycles. The van der Waals surface area contributed by atoms with Crippen LogP contribution in [0.5, 0.6) is 0 Å². The lowest BCUT2D eigenvalue weighted by Gasteiger charge is -2.36. The highest BCUT2D eigenvalue weighted by Crippen LogP contribution is 2.46. The molecule has 1 aliphatic rings. The van der Waals surface area contributed by atoms with Crippen LogP contribution in [0.2, 0.25) is 0 Å². The van der Waals surface area contributed by atoms with Gasteiger partial charge in [-0.15, -0.1) is 0 Å². The van der Waals surface area contributed by atoms with Crippen LogP contribution in [0, 0.1) is 0 Å². The third kappa shape index (κ3) is 1.33. The van der Waals surface area contributed by atoms with Gasteiger partial charge in [-0.3, -0.25) is 0 Å². The zero-order chi connectivity index (χ0) is 12.7. The first kappa shape index (κ1) is 12.0. The summed E-state index contributed by atoms with van der Waals surface area (Å²) >= 11 is 0. The molecule has 2 rings (SSSR count). The molecule has 0 saturated heterocycles. The van der Waals surface area contributed by atoms with Crippen LogP contribution in [0.25, 0.3) is 0 Å². The monoisotopic (exact) mass is 238 g/mol. The molecule has 1 aromatic carbocycles. The van der Waals surface area contributed by atoms with E-state index in [0.29, 0.717) is 11.1 Å². The molecular weight excluding hydrogens is 224 g/mol. The lowest BCUT2D eigenvalue weighted by Crippen LogP contribution is -2.57. The fourth-order valence-corrected chi connectivity index (χ4v) is 2.40. The Kier molecular flexibility index (Phi) is 2.69. The molecule has 0 aliphatic heterocycles. The van der Waals surface area contributed by atoms with Crippen LogP contribution >= 0.6 is 0 Å². The highest BCUT2D eigenvalue weighted by molar-refractivity contribution is 5.81. The highest BCUT2D eigenvalue weighted by Gasteiger charge is 2.64. The van der Waals surface area contributed by atoms with Crippen LogP contribution in [0.3, 0.4) is 0 Å². The summed E-state index contributed by atoms with van der Waals surface area (Å²) in [4.78, 5) is 11.4. The summed E-state index contributed by atoms with van der Waals surface area (Å²) in [5, 5.41) is 19.8. The van der Waals surface area contributed by atoms with Gasteiger partial charge in [0.25, 0.3) is 0 Å². The van der Waals surface area contributed by atoms with Crippen LogP contribution < -0.4 is 0 Å². The van der Waals surface area contributed by atoms with Crippen molar-refractivity contribution in [2.45, 2.75) is 17.8 Å². The van der Waals surface area contributed by atoms with Gasteiger partial charge in [0.1, 0.15) is 0 Å². The fraction of sp³-hybridized carbons (Fsp3) is 0.417. The third-order valence-corrected chi connectivity index (χ3v) is 3.36. The molecule has 5 heteroatoms. The number of hydrogen-bond acceptors (Lipinski definition) is 4. The summed E-state index contributed by atoms with van der Waals surface area (Å²) in [6, 6.07) is 6.89. The first-order valence-corrected chi connectivity index (χ1v) is 5.16. The van der Waals surface area contributed by atoms with E-state index in [4.69, 9.17) is 9.47 Å². The van der Waals surface area contributed by atoms with Gasteiger partial charge in [0.15, 0.2) is 0 Å². The molecule has 5 nitrogen and oxygen atoms in total. The molecule has 1 aliphatic carbocycles. The number of hydrogen-bond donors (Lipinski definition) is 2. The van der Waals surface area contributed by atoms with Gasteiger partial charge in [-0.25, -0.2) is 4.79 Å². The minimum Gasteiger partial charge on any atom is -0.479 e. The summed E-state index contributed by atoms with van der Waals surface area (Å²) in [7, 11) is 2.52. The van der Waals surface area contributed by atoms with Crippen molar-refractivity contribution in [2.24, 2.45) is 0 Å². The van der Waals surface area contributed by atoms with Crippen LogP contribution in [-0.2, 0) is 26.5 Å². The van der Waals surface area contributed by atoms with Gasteiger partial charge in [0.2, 0.25) is 11.4 Å². The fourth-order valence-electron chi connectivity index (χ4n) is 2.40. The molecule has 0 fully saturated rings. The largest absolute Gasteiger partial charge is 0.479 e. The van der Waals surface area contributed by atoms with Crippen molar-refractivity contribution in [3.63, 3.8) is 0 Å². The zero-order valence-corrected chi connectivity index (χ0v) is 9.64. The van der Waals surface area contributed by atoms with Gasteiger partial charge >= 0.3 is 5.97 Å². The Morgan fingerprint density at radius 3 is 2.47 bits per heavy atom. The molecule has 92 valence electrons. The average Bonchev–Trinajstić information content (AvgIpc) is 2.61. The quantitative estimate of drug-likeness (QED) is 0.750. The maximum absolute atomic E-state index is 11.4. The van der Waals surface area contributed by atoms with Crippen molar-refractivity contribution in [2.75, 3.05) is 14.2 Å². The second-order valence-electron chi connectivity index (χ2n) is 4.02. The molecule has 0 bridgehead atoms. The molecule has 0 radical (unpaired) electrons. The van der Waals surface area contributed by atoms with Crippen LogP contribution in [0.1, 0.15) is 11.1 Å².